The van der Waals surface area contributed by atoms with Gasteiger partial charge in [0.15, 0.2) is 0 Å². The van der Waals surface area contributed by atoms with E-state index in [2.05, 4.69) is 20.9 Å². The molecule has 0 spiro atoms. The molecule has 2 atom stereocenters. The second kappa shape index (κ2) is 15.6. The molecule has 1 aromatic heterocycles. The van der Waals surface area contributed by atoms with Crippen LogP contribution >= 0.6 is 11.6 Å². The van der Waals surface area contributed by atoms with Crippen molar-refractivity contribution in [3.63, 3.8) is 0 Å². The van der Waals surface area contributed by atoms with E-state index in [1.807, 2.05) is 47.4 Å². The Labute approximate surface area is 346 Å². The summed E-state index contributed by atoms with van der Waals surface area (Å²) in [4.78, 5) is 25.7. The molecule has 4 aromatic rings. The first-order valence-corrected chi connectivity index (χ1v) is 20.9. The van der Waals surface area contributed by atoms with E-state index < -0.39 is 29.3 Å². The number of fused-ring (bicyclic) bond motifs is 5. The minimum atomic E-state index is -4.85. The fourth-order valence-electron chi connectivity index (χ4n) is 10.3. The number of aromatic nitrogens is 2. The van der Waals surface area contributed by atoms with Crippen molar-refractivity contribution in [3.05, 3.63) is 87.2 Å². The SMILES string of the molecule is CCOC(=O)C12CCC(CC1)N(Cc1nc(C(F)(F)F)c(OC3CCc4c(-c5cccc(-c6cc7c(c(OC)c6)C(N6CC(O)C6)CC7)c5Cl)cccc43)nc1OC)C2. The monoisotopic (exact) mass is 832 g/mol. The van der Waals surface area contributed by atoms with E-state index in [0.29, 0.717) is 50.3 Å². The molecular weight excluding hydrogens is 785 g/mol. The number of rotatable bonds is 11. The van der Waals surface area contributed by atoms with Gasteiger partial charge >= 0.3 is 12.1 Å². The third-order valence-electron chi connectivity index (χ3n) is 13.2. The van der Waals surface area contributed by atoms with Gasteiger partial charge in [-0.15, -0.1) is 0 Å². The largest absolute Gasteiger partial charge is 0.496 e. The van der Waals surface area contributed by atoms with Crippen LogP contribution in [0.5, 0.6) is 17.5 Å². The Kier molecular flexibility index (Phi) is 10.5. The number of esters is 1. The number of alkyl halides is 3. The molecule has 10 rings (SSSR count). The molecule has 2 unspecified atom stereocenters. The number of nitrogens with zero attached hydrogens (tertiary/aromatic N) is 4. The van der Waals surface area contributed by atoms with Crippen molar-refractivity contribution < 1.29 is 42.0 Å². The average molecular weight is 833 g/mol. The van der Waals surface area contributed by atoms with E-state index in [-0.39, 0.29) is 48.9 Å². The first kappa shape index (κ1) is 40.0. The number of β-amino-alcohol motifs (C(OH)–C–C–N with tert-alkyl or cyclic N) is 1. The maximum atomic E-state index is 14.8. The van der Waals surface area contributed by atoms with Crippen LogP contribution in [-0.4, -0.2) is 83.5 Å². The van der Waals surface area contributed by atoms with Gasteiger partial charge < -0.3 is 24.1 Å². The van der Waals surface area contributed by atoms with Crippen molar-refractivity contribution in [1.29, 1.82) is 0 Å². The van der Waals surface area contributed by atoms with Crippen LogP contribution in [0.1, 0.15) is 91.2 Å². The number of likely N-dealkylation sites (tertiary alicyclic amines) is 1. The molecule has 0 radical (unpaired) electrons. The summed E-state index contributed by atoms with van der Waals surface area (Å²) >= 11 is 7.27. The van der Waals surface area contributed by atoms with Gasteiger partial charge in [0, 0.05) is 55.0 Å². The molecule has 3 aromatic carbocycles. The van der Waals surface area contributed by atoms with Gasteiger partial charge in [-0.25, -0.2) is 4.98 Å². The number of aliphatic hydroxyl groups is 1. The topological polar surface area (TPSA) is 106 Å². The van der Waals surface area contributed by atoms with Gasteiger partial charge in [0.05, 0.1) is 37.4 Å². The first-order valence-electron chi connectivity index (χ1n) is 20.5. The summed E-state index contributed by atoms with van der Waals surface area (Å²) in [5.74, 6) is -0.138. The number of methoxy groups -OCH3 is 2. The van der Waals surface area contributed by atoms with Crippen LogP contribution in [0.25, 0.3) is 22.3 Å². The fourth-order valence-corrected chi connectivity index (χ4v) is 10.7. The number of aryl methyl sites for hydroxylation is 1. The van der Waals surface area contributed by atoms with Gasteiger partial charge in [0.2, 0.25) is 17.5 Å². The van der Waals surface area contributed by atoms with Gasteiger partial charge in [-0.05, 0) is 92.2 Å². The van der Waals surface area contributed by atoms with Crippen molar-refractivity contribution in [2.24, 2.45) is 5.41 Å². The first-order chi connectivity index (χ1) is 28.4. The lowest BCUT2D eigenvalue weighted by Gasteiger charge is -2.51. The second-order valence-electron chi connectivity index (χ2n) is 16.6. The summed E-state index contributed by atoms with van der Waals surface area (Å²) in [5.41, 5.74) is 5.72. The predicted molar refractivity (Wildman–Crippen MR) is 215 cm³/mol. The predicted octanol–water partition coefficient (Wildman–Crippen LogP) is 8.54. The van der Waals surface area contributed by atoms with Crippen LogP contribution in [-0.2, 0) is 35.1 Å². The number of piperidine rings is 2. The number of ether oxygens (including phenoxy) is 4. The standard InChI is InChI=1S/C45H48ClF3N4O6/c1-4-58-43(55)44-17-15-27(16-18-44)53(24-44)23-34-41(57-3)51-42(40(50-34)45(47,48)49)59-36-14-12-31-30(8-6-9-32(31)36)33-10-5-7-29(39(33)46)26-19-25-11-13-35(52-21-28(54)22-52)38(25)37(20-26)56-2/h5-10,19-20,27-28,35-36,54H,4,11-18,21-24H2,1-3H3. The van der Waals surface area contributed by atoms with Crippen LogP contribution in [0.15, 0.2) is 48.5 Å². The highest BCUT2D eigenvalue weighted by molar-refractivity contribution is 6.36. The van der Waals surface area contributed by atoms with Crippen LogP contribution in [0.2, 0.25) is 5.02 Å². The second-order valence-corrected chi connectivity index (χ2v) is 16.9. The van der Waals surface area contributed by atoms with E-state index in [4.69, 9.17) is 30.5 Å². The third-order valence-corrected chi connectivity index (χ3v) is 13.6. The summed E-state index contributed by atoms with van der Waals surface area (Å²) in [6.45, 7) is 3.78. The maximum Gasteiger partial charge on any atom is 0.438 e. The quantitative estimate of drug-likeness (QED) is 0.148. The van der Waals surface area contributed by atoms with Crippen molar-refractivity contribution in [1.82, 2.24) is 19.8 Å². The Bertz CT molecular complexity index is 2280. The van der Waals surface area contributed by atoms with Gasteiger partial charge in [0.1, 0.15) is 17.5 Å². The molecule has 14 heteroatoms. The molecule has 0 amide bonds. The zero-order chi connectivity index (χ0) is 41.2. The minimum Gasteiger partial charge on any atom is -0.496 e. The van der Waals surface area contributed by atoms with E-state index in [0.717, 1.165) is 64.8 Å². The Hall–Kier alpha value is -4.43. The minimum absolute atomic E-state index is 0.0409. The lowest BCUT2D eigenvalue weighted by atomic mass is 9.67. The zero-order valence-corrected chi connectivity index (χ0v) is 34.2. The van der Waals surface area contributed by atoms with Crippen molar-refractivity contribution in [3.8, 4) is 39.8 Å². The average Bonchev–Trinajstić information content (AvgIpc) is 3.84. The van der Waals surface area contributed by atoms with Gasteiger partial charge in [-0.2, -0.15) is 18.2 Å². The van der Waals surface area contributed by atoms with Crippen LogP contribution in [0, 0.1) is 5.41 Å². The van der Waals surface area contributed by atoms with E-state index in [1.54, 1.807) is 14.0 Å². The molecule has 1 N–H and O–H groups in total. The summed E-state index contributed by atoms with van der Waals surface area (Å²) in [7, 11) is 3.04. The Balaban J connectivity index is 0.993. The molecule has 10 nitrogen and oxygen atoms in total. The molecular formula is C45H48ClF3N4O6. The molecule has 3 aliphatic heterocycles. The molecule has 59 heavy (non-hydrogen) atoms. The summed E-state index contributed by atoms with van der Waals surface area (Å²) in [6, 6.07) is 16.2. The number of halogens is 4. The van der Waals surface area contributed by atoms with E-state index in [9.17, 15) is 23.1 Å². The van der Waals surface area contributed by atoms with Gasteiger partial charge in [0.25, 0.3) is 0 Å². The highest BCUT2D eigenvalue weighted by Crippen LogP contribution is 2.50. The number of aliphatic hydroxyl groups excluding tert-OH is 1. The molecule has 312 valence electrons. The van der Waals surface area contributed by atoms with Crippen molar-refractivity contribution in [2.75, 3.05) is 40.5 Å². The van der Waals surface area contributed by atoms with E-state index >= 15 is 0 Å². The lowest BCUT2D eigenvalue weighted by Crippen LogP contribution is -2.57. The summed E-state index contributed by atoms with van der Waals surface area (Å²) in [6.07, 6.45) is -0.154. The van der Waals surface area contributed by atoms with Crippen molar-refractivity contribution >= 4 is 17.6 Å². The molecule has 3 saturated heterocycles. The number of hydrogen-bond acceptors (Lipinski definition) is 10. The highest BCUT2D eigenvalue weighted by atomic mass is 35.5. The zero-order valence-electron chi connectivity index (χ0n) is 33.4. The number of carbonyl (C=O) groups excluding carboxylic acids is 1. The fraction of sp³-hybridized carbons (Fsp3) is 0.489. The lowest BCUT2D eigenvalue weighted by molar-refractivity contribution is -0.166. The number of benzene rings is 3. The normalized spacial score (nSPS) is 24.1. The Morgan fingerprint density at radius 3 is 2.41 bits per heavy atom. The molecule has 1 saturated carbocycles. The molecule has 2 bridgehead atoms. The Morgan fingerprint density at radius 1 is 0.949 bits per heavy atom. The number of hydrogen-bond donors (Lipinski definition) is 1. The third kappa shape index (κ3) is 7.11. The molecule has 4 heterocycles. The van der Waals surface area contributed by atoms with Crippen LogP contribution < -0.4 is 14.2 Å². The Morgan fingerprint density at radius 2 is 1.69 bits per heavy atom. The molecule has 3 aliphatic carbocycles. The number of carbonyl (C=O) groups is 1. The van der Waals surface area contributed by atoms with Crippen LogP contribution in [0.3, 0.4) is 0 Å². The highest BCUT2D eigenvalue weighted by Gasteiger charge is 2.51. The maximum absolute atomic E-state index is 14.8. The molecule has 4 fully saturated rings. The smallest absolute Gasteiger partial charge is 0.438 e. The van der Waals surface area contributed by atoms with Gasteiger partial charge in [-0.1, -0.05) is 54.1 Å². The molecule has 6 aliphatic rings. The van der Waals surface area contributed by atoms with E-state index in [1.165, 1.54) is 18.2 Å². The van der Waals surface area contributed by atoms with Gasteiger partial charge in [-0.3, -0.25) is 14.6 Å². The van der Waals surface area contributed by atoms with Crippen molar-refractivity contribution in [2.45, 2.75) is 95.3 Å². The summed E-state index contributed by atoms with van der Waals surface area (Å²) in [5, 5.41) is 10.5. The van der Waals surface area contributed by atoms with Crippen LogP contribution in [0.4, 0.5) is 13.2 Å². The summed E-state index contributed by atoms with van der Waals surface area (Å²) < 4.78 is 67.5.